The number of hydrogen-bond acceptors (Lipinski definition) is 1. The zero-order valence-corrected chi connectivity index (χ0v) is 10.7. The molecule has 0 saturated carbocycles. The monoisotopic (exact) mass is 209 g/mol. The van der Waals surface area contributed by atoms with Gasteiger partial charge in [0.05, 0.1) is 0 Å². The molecule has 0 radical (unpaired) electrons. The smallest absolute Gasteiger partial charge is 0.0366 e. The van der Waals surface area contributed by atoms with Gasteiger partial charge in [0.2, 0.25) is 0 Å². The summed E-state index contributed by atoms with van der Waals surface area (Å²) < 4.78 is 0. The van der Waals surface area contributed by atoms with E-state index in [0.29, 0.717) is 0 Å². The minimum atomic E-state index is 0. The first-order chi connectivity index (χ1) is 7.38. The highest BCUT2D eigenvalue weighted by molar-refractivity contribution is 5.45. The van der Waals surface area contributed by atoms with Gasteiger partial charge in [-0.2, -0.15) is 0 Å². The van der Waals surface area contributed by atoms with Crippen molar-refractivity contribution >= 4 is 5.69 Å². The van der Waals surface area contributed by atoms with Crippen LogP contribution in [0, 0.1) is 0 Å². The standard InChI is InChI=1S/C12H19N.C2H6.H2/c1-3-10-13(11-4-2)12-8-6-5-7-9-12;1-2;/h5-9H,3-4,10-11H2,1-2H3;1-2H3;1H. The summed E-state index contributed by atoms with van der Waals surface area (Å²) in [5.41, 5.74) is 1.35. The first-order valence-electron chi connectivity index (χ1n) is 6.18. The Labute approximate surface area is 96.6 Å². The van der Waals surface area contributed by atoms with Crippen molar-refractivity contribution in [2.24, 2.45) is 0 Å². The Kier molecular flexibility index (Phi) is 8.95. The van der Waals surface area contributed by atoms with Crippen LogP contribution in [-0.4, -0.2) is 13.1 Å². The third-order valence-corrected chi connectivity index (χ3v) is 2.11. The number of rotatable bonds is 5. The second kappa shape index (κ2) is 9.57. The van der Waals surface area contributed by atoms with E-state index in [1.54, 1.807) is 0 Å². The molecule has 1 aromatic rings. The predicted molar refractivity (Wildman–Crippen MR) is 72.7 cm³/mol. The van der Waals surface area contributed by atoms with Crippen LogP contribution in [0.2, 0.25) is 0 Å². The average Bonchev–Trinajstić information content (AvgIpc) is 2.33. The number of anilines is 1. The third-order valence-electron chi connectivity index (χ3n) is 2.11. The summed E-state index contributed by atoms with van der Waals surface area (Å²) in [6.45, 7) is 10.8. The maximum Gasteiger partial charge on any atom is 0.0366 e. The molecular weight excluding hydrogens is 182 g/mol. The summed E-state index contributed by atoms with van der Waals surface area (Å²) in [4.78, 5) is 2.44. The second-order valence-electron chi connectivity index (χ2n) is 3.32. The molecule has 1 rings (SSSR count). The summed E-state index contributed by atoms with van der Waals surface area (Å²) in [6, 6.07) is 10.7. The summed E-state index contributed by atoms with van der Waals surface area (Å²) in [6.07, 6.45) is 2.43. The Morgan fingerprint density at radius 2 is 1.40 bits per heavy atom. The SMILES string of the molecule is CC.CCCN(CCC)c1ccccc1.[HH]. The largest absolute Gasteiger partial charge is 0.372 e. The van der Waals surface area contributed by atoms with E-state index < -0.39 is 0 Å². The maximum atomic E-state index is 2.44. The van der Waals surface area contributed by atoms with E-state index in [1.165, 1.54) is 18.5 Å². The van der Waals surface area contributed by atoms with Crippen molar-refractivity contribution in [2.45, 2.75) is 40.5 Å². The molecular formula is C14H27N. The molecule has 0 heterocycles. The Hall–Kier alpha value is -0.980. The van der Waals surface area contributed by atoms with Gasteiger partial charge in [0.1, 0.15) is 0 Å². The van der Waals surface area contributed by atoms with E-state index in [4.69, 9.17) is 0 Å². The van der Waals surface area contributed by atoms with Crippen molar-refractivity contribution in [1.82, 2.24) is 0 Å². The van der Waals surface area contributed by atoms with Crippen molar-refractivity contribution in [1.29, 1.82) is 0 Å². The highest BCUT2D eigenvalue weighted by Gasteiger charge is 2.01. The molecule has 0 atom stereocenters. The van der Waals surface area contributed by atoms with Crippen LogP contribution in [0.1, 0.15) is 42.0 Å². The van der Waals surface area contributed by atoms with Crippen LogP contribution in [0.15, 0.2) is 30.3 Å². The van der Waals surface area contributed by atoms with Crippen molar-refractivity contribution in [3.05, 3.63) is 30.3 Å². The fourth-order valence-corrected chi connectivity index (χ4v) is 1.55. The predicted octanol–water partition coefficient (Wildman–Crippen LogP) is 4.59. The van der Waals surface area contributed by atoms with Crippen molar-refractivity contribution in [3.8, 4) is 0 Å². The van der Waals surface area contributed by atoms with E-state index in [0.717, 1.165) is 13.1 Å². The quantitative estimate of drug-likeness (QED) is 0.686. The van der Waals surface area contributed by atoms with Gasteiger partial charge >= 0.3 is 0 Å². The van der Waals surface area contributed by atoms with Crippen LogP contribution >= 0.6 is 0 Å². The second-order valence-corrected chi connectivity index (χ2v) is 3.32. The third kappa shape index (κ3) is 5.46. The Bertz CT molecular complexity index is 217. The summed E-state index contributed by atoms with van der Waals surface area (Å²) in [5.74, 6) is 0. The van der Waals surface area contributed by atoms with E-state index in [2.05, 4.69) is 49.1 Å². The summed E-state index contributed by atoms with van der Waals surface area (Å²) >= 11 is 0. The number of hydrogen-bond donors (Lipinski definition) is 0. The highest BCUT2D eigenvalue weighted by atomic mass is 15.1. The molecule has 0 aromatic heterocycles. The molecule has 0 N–H and O–H groups in total. The van der Waals surface area contributed by atoms with Crippen LogP contribution in [0.4, 0.5) is 5.69 Å². The average molecular weight is 209 g/mol. The van der Waals surface area contributed by atoms with Crippen LogP contribution in [0.25, 0.3) is 0 Å². The summed E-state index contributed by atoms with van der Waals surface area (Å²) in [7, 11) is 0. The van der Waals surface area contributed by atoms with Gasteiger partial charge in [0.25, 0.3) is 0 Å². The first kappa shape index (κ1) is 14.0. The van der Waals surface area contributed by atoms with Crippen LogP contribution in [-0.2, 0) is 0 Å². The number of nitrogens with zero attached hydrogens (tertiary/aromatic N) is 1. The van der Waals surface area contributed by atoms with Crippen molar-refractivity contribution in [3.63, 3.8) is 0 Å². The maximum absolute atomic E-state index is 2.44. The lowest BCUT2D eigenvalue weighted by atomic mass is 10.2. The van der Waals surface area contributed by atoms with Crippen molar-refractivity contribution in [2.75, 3.05) is 18.0 Å². The molecule has 0 fully saturated rings. The number of para-hydroxylation sites is 1. The van der Waals surface area contributed by atoms with Gasteiger partial charge in [-0.15, -0.1) is 0 Å². The molecule has 15 heavy (non-hydrogen) atoms. The zero-order chi connectivity index (χ0) is 11.5. The molecule has 0 bridgehead atoms. The fraction of sp³-hybridized carbons (Fsp3) is 0.571. The van der Waals surface area contributed by atoms with E-state index >= 15 is 0 Å². The van der Waals surface area contributed by atoms with Gasteiger partial charge in [-0.25, -0.2) is 0 Å². The van der Waals surface area contributed by atoms with Crippen molar-refractivity contribution < 1.29 is 1.43 Å². The zero-order valence-electron chi connectivity index (χ0n) is 10.7. The molecule has 1 nitrogen and oxygen atoms in total. The lowest BCUT2D eigenvalue weighted by Crippen LogP contribution is -2.24. The fourth-order valence-electron chi connectivity index (χ4n) is 1.55. The molecule has 0 aliphatic rings. The molecule has 88 valence electrons. The van der Waals surface area contributed by atoms with Crippen LogP contribution < -0.4 is 4.90 Å². The molecule has 0 aliphatic carbocycles. The molecule has 0 amide bonds. The highest BCUT2D eigenvalue weighted by Crippen LogP contribution is 2.13. The van der Waals surface area contributed by atoms with Gasteiger partial charge in [-0.3, -0.25) is 0 Å². The van der Waals surface area contributed by atoms with E-state index in [9.17, 15) is 0 Å². The number of benzene rings is 1. The van der Waals surface area contributed by atoms with E-state index in [-0.39, 0.29) is 1.43 Å². The lowest BCUT2D eigenvalue weighted by molar-refractivity contribution is 0.745. The molecule has 0 unspecified atom stereocenters. The Morgan fingerprint density at radius 3 is 1.80 bits per heavy atom. The molecule has 0 aliphatic heterocycles. The van der Waals surface area contributed by atoms with Crippen LogP contribution in [0.5, 0.6) is 0 Å². The van der Waals surface area contributed by atoms with Gasteiger partial charge in [-0.05, 0) is 25.0 Å². The Balaban J connectivity index is 0. The molecule has 1 heteroatoms. The minimum Gasteiger partial charge on any atom is -0.372 e. The normalized spacial score (nSPS) is 9.07. The first-order valence-corrected chi connectivity index (χ1v) is 6.18. The van der Waals surface area contributed by atoms with Gasteiger partial charge in [0.15, 0.2) is 0 Å². The Morgan fingerprint density at radius 1 is 0.933 bits per heavy atom. The van der Waals surface area contributed by atoms with Crippen LogP contribution in [0.3, 0.4) is 0 Å². The van der Waals surface area contributed by atoms with Gasteiger partial charge in [0, 0.05) is 20.2 Å². The molecule has 1 aromatic carbocycles. The lowest BCUT2D eigenvalue weighted by Gasteiger charge is -2.23. The molecule has 0 saturated heterocycles. The topological polar surface area (TPSA) is 3.24 Å². The van der Waals surface area contributed by atoms with E-state index in [1.807, 2.05) is 13.8 Å². The van der Waals surface area contributed by atoms with Gasteiger partial charge in [-0.1, -0.05) is 45.9 Å². The molecule has 0 spiro atoms. The minimum absolute atomic E-state index is 0. The summed E-state index contributed by atoms with van der Waals surface area (Å²) in [5, 5.41) is 0. The van der Waals surface area contributed by atoms with Gasteiger partial charge < -0.3 is 4.90 Å².